The van der Waals surface area contributed by atoms with Gasteiger partial charge in [-0.1, -0.05) is 30.3 Å². The van der Waals surface area contributed by atoms with E-state index < -0.39 is 36.3 Å². The molecule has 2 aromatic rings. The number of hydrogen-bond acceptors (Lipinski definition) is 7. The van der Waals surface area contributed by atoms with Gasteiger partial charge in [-0.15, -0.1) is 0 Å². The maximum Gasteiger partial charge on any atom is 0.475 e. The summed E-state index contributed by atoms with van der Waals surface area (Å²) in [6.45, 7) is 12.3. The van der Waals surface area contributed by atoms with Crippen molar-refractivity contribution in [2.45, 2.75) is 122 Å². The molecule has 2 unspecified atom stereocenters. The van der Waals surface area contributed by atoms with Crippen LogP contribution in [0.3, 0.4) is 0 Å². The molecule has 0 N–H and O–H groups in total. The minimum absolute atomic E-state index is 0.128. The molecule has 7 nitrogen and oxygen atoms in total. The van der Waals surface area contributed by atoms with Crippen molar-refractivity contribution in [3.8, 4) is 5.75 Å². The van der Waals surface area contributed by atoms with Gasteiger partial charge >= 0.3 is 14.0 Å². The maximum atomic E-state index is 14.2. The Bertz CT molecular complexity index is 1390. The summed E-state index contributed by atoms with van der Waals surface area (Å²) in [5.41, 5.74) is -0.223. The van der Waals surface area contributed by atoms with E-state index in [9.17, 15) is 17.7 Å². The molecule has 0 spiro atoms. The summed E-state index contributed by atoms with van der Waals surface area (Å²) < 4.78 is 84.9. The Balaban J connectivity index is 1.41. The summed E-state index contributed by atoms with van der Waals surface area (Å²) in [6.07, 6.45) is 0.786. The van der Waals surface area contributed by atoms with Gasteiger partial charge in [0.15, 0.2) is 5.90 Å². The molecule has 1 aliphatic heterocycles. The minimum atomic E-state index is -4.58. The third-order valence-electron chi connectivity index (χ3n) is 7.88. The number of aliphatic imine (C=N–C) groups is 1. The third kappa shape index (κ3) is 10.6. The average Bonchev–Trinajstić information content (AvgIpc) is 3.32. The van der Waals surface area contributed by atoms with E-state index in [4.69, 9.17) is 23.0 Å². The third-order valence-corrected chi connectivity index (χ3v) is 9.87. The number of phosphoric acid groups is 1. The van der Waals surface area contributed by atoms with E-state index in [0.717, 1.165) is 31.7 Å². The lowest BCUT2D eigenvalue weighted by atomic mass is 9.80. The highest BCUT2D eigenvalue weighted by Gasteiger charge is 2.43. The van der Waals surface area contributed by atoms with Gasteiger partial charge in [0.2, 0.25) is 0 Å². The van der Waals surface area contributed by atoms with Crippen LogP contribution in [-0.4, -0.2) is 42.5 Å². The molecule has 1 aliphatic carbocycles. The van der Waals surface area contributed by atoms with Gasteiger partial charge in [0.1, 0.15) is 17.9 Å². The van der Waals surface area contributed by atoms with Gasteiger partial charge in [-0.3, -0.25) is 13.6 Å². The fourth-order valence-corrected chi connectivity index (χ4v) is 7.86. The van der Waals surface area contributed by atoms with E-state index in [1.165, 1.54) is 17.2 Å². The lowest BCUT2D eigenvalue weighted by molar-refractivity contribution is -0.139. The van der Waals surface area contributed by atoms with Crippen molar-refractivity contribution in [1.29, 1.82) is 0 Å². The molecule has 0 radical (unpaired) electrons. The van der Waals surface area contributed by atoms with Crippen molar-refractivity contribution >= 4 is 13.7 Å². The van der Waals surface area contributed by atoms with Crippen LogP contribution in [0.5, 0.6) is 5.75 Å². The van der Waals surface area contributed by atoms with Gasteiger partial charge in [-0.05, 0) is 121 Å². The van der Waals surface area contributed by atoms with Crippen molar-refractivity contribution in [3.63, 3.8) is 0 Å². The number of alkyl halides is 3. The molecule has 2 aliphatic rings. The molecule has 2 atom stereocenters. The molecule has 0 fully saturated rings. The number of rotatable bonds is 13. The fourth-order valence-electron chi connectivity index (χ4n) is 5.98. The fraction of sp³-hybridized carbons (Fsp3) is 0.629. The molecule has 0 saturated heterocycles. The quantitative estimate of drug-likeness (QED) is 0.156. The van der Waals surface area contributed by atoms with Crippen molar-refractivity contribution in [2.24, 2.45) is 4.99 Å². The second-order valence-electron chi connectivity index (χ2n) is 14.4. The lowest BCUT2D eigenvalue weighted by Gasteiger charge is -2.33. The SMILES string of the molecule is CC1=NC(CCc2ccc(OCCCC3CCCc4ccccc43)c(C(F)(F)F)c2)(COP(=O)(OC(C)(C)C)OC(C)(C)C)CO1. The second kappa shape index (κ2) is 14.4. The second-order valence-corrected chi connectivity index (χ2v) is 15.9. The number of nitrogens with zero attached hydrogens (tertiary/aromatic N) is 1. The standard InChI is InChI=1S/C35H49F3NO6P/c1-25-39-34(23-42-25,24-43-46(40,44-32(2,3)4)45-33(5,6)7)20-19-26-17-18-31(30(22-26)35(36,37)38)41-21-11-15-28-14-10-13-27-12-8-9-16-29(27)28/h8-9,12,16-18,22,28H,10-11,13-15,19-21,23-24H2,1-7H3. The number of hydrogen-bond donors (Lipinski definition) is 0. The highest BCUT2D eigenvalue weighted by atomic mass is 31.2. The number of halogens is 3. The number of benzene rings is 2. The molecule has 11 heteroatoms. The van der Waals surface area contributed by atoms with E-state index in [2.05, 4.69) is 23.2 Å². The zero-order chi connectivity index (χ0) is 33.8. The maximum absolute atomic E-state index is 14.2. The van der Waals surface area contributed by atoms with E-state index in [1.54, 1.807) is 54.5 Å². The van der Waals surface area contributed by atoms with Crippen molar-refractivity contribution in [1.82, 2.24) is 0 Å². The van der Waals surface area contributed by atoms with E-state index in [0.29, 0.717) is 23.8 Å². The lowest BCUT2D eigenvalue weighted by Crippen LogP contribution is -2.36. The van der Waals surface area contributed by atoms with Crippen molar-refractivity contribution in [3.05, 3.63) is 64.7 Å². The van der Waals surface area contributed by atoms with Crippen LogP contribution < -0.4 is 4.74 Å². The first kappa shape index (κ1) is 36.4. The topological polar surface area (TPSA) is 75.6 Å². The summed E-state index contributed by atoms with van der Waals surface area (Å²) in [5, 5.41) is 0. The summed E-state index contributed by atoms with van der Waals surface area (Å²) >= 11 is 0. The van der Waals surface area contributed by atoms with E-state index >= 15 is 0 Å². The van der Waals surface area contributed by atoms with Gasteiger partial charge in [-0.25, -0.2) is 9.56 Å². The summed E-state index contributed by atoms with van der Waals surface area (Å²) in [7, 11) is -4.04. The largest absolute Gasteiger partial charge is 0.493 e. The predicted octanol–water partition coefficient (Wildman–Crippen LogP) is 9.86. The Kier molecular flexibility index (Phi) is 11.4. The van der Waals surface area contributed by atoms with Gasteiger partial charge in [-0.2, -0.15) is 13.2 Å². The molecule has 0 aromatic heterocycles. The number of ether oxygens (including phenoxy) is 2. The first-order valence-corrected chi connectivity index (χ1v) is 17.6. The van der Waals surface area contributed by atoms with Crippen LogP contribution in [0.4, 0.5) is 13.2 Å². The Hall–Kier alpha value is -2.39. The summed E-state index contributed by atoms with van der Waals surface area (Å²) in [6, 6.07) is 12.6. The van der Waals surface area contributed by atoms with E-state index in [-0.39, 0.29) is 38.4 Å². The van der Waals surface area contributed by atoms with Gasteiger partial charge in [0, 0.05) is 6.92 Å². The minimum Gasteiger partial charge on any atom is -0.493 e. The molecule has 256 valence electrons. The Morgan fingerprint density at radius 2 is 1.72 bits per heavy atom. The number of aryl methyl sites for hydroxylation is 2. The molecule has 46 heavy (non-hydrogen) atoms. The molecule has 1 heterocycles. The first-order chi connectivity index (χ1) is 21.4. The van der Waals surface area contributed by atoms with Gasteiger partial charge < -0.3 is 9.47 Å². The van der Waals surface area contributed by atoms with Gasteiger partial charge in [0.25, 0.3) is 0 Å². The predicted molar refractivity (Wildman–Crippen MR) is 174 cm³/mol. The molecule has 2 aromatic carbocycles. The highest BCUT2D eigenvalue weighted by molar-refractivity contribution is 7.48. The van der Waals surface area contributed by atoms with Crippen LogP contribution in [0.25, 0.3) is 0 Å². The Labute approximate surface area is 271 Å². The average molecular weight is 668 g/mol. The van der Waals surface area contributed by atoms with Crippen molar-refractivity contribution < 1.29 is 40.8 Å². The normalized spacial score (nSPS) is 20.7. The van der Waals surface area contributed by atoms with Crippen LogP contribution in [-0.2, 0) is 41.9 Å². The van der Waals surface area contributed by atoms with Crippen LogP contribution in [0.2, 0.25) is 0 Å². The molecule has 0 saturated carbocycles. The summed E-state index contributed by atoms with van der Waals surface area (Å²) in [4.78, 5) is 4.61. The molecular weight excluding hydrogens is 618 g/mol. The van der Waals surface area contributed by atoms with Crippen molar-refractivity contribution in [2.75, 3.05) is 19.8 Å². The Morgan fingerprint density at radius 1 is 1.02 bits per heavy atom. The zero-order valence-electron chi connectivity index (χ0n) is 28.2. The van der Waals surface area contributed by atoms with E-state index in [1.807, 2.05) is 6.07 Å². The van der Waals surface area contributed by atoms with Crippen LogP contribution in [0.15, 0.2) is 47.5 Å². The van der Waals surface area contributed by atoms with Crippen LogP contribution >= 0.6 is 7.82 Å². The van der Waals surface area contributed by atoms with Crippen LogP contribution in [0.1, 0.15) is 109 Å². The monoisotopic (exact) mass is 667 g/mol. The number of fused-ring (bicyclic) bond motifs is 1. The zero-order valence-corrected chi connectivity index (χ0v) is 29.1. The van der Waals surface area contributed by atoms with Gasteiger partial charge in [0.05, 0.1) is 30.0 Å². The Morgan fingerprint density at radius 3 is 2.35 bits per heavy atom. The van der Waals surface area contributed by atoms with Crippen LogP contribution in [0, 0.1) is 0 Å². The smallest absolute Gasteiger partial charge is 0.475 e. The summed E-state index contributed by atoms with van der Waals surface area (Å²) in [5.74, 6) is 0.661. The molecule has 0 bridgehead atoms. The molecular formula is C35H49F3NO6P. The first-order valence-electron chi connectivity index (χ1n) is 16.1. The highest BCUT2D eigenvalue weighted by Crippen LogP contribution is 2.56. The molecule has 4 rings (SSSR count). The number of phosphoric ester groups is 1. The molecule has 0 amide bonds.